The molecule has 0 aliphatic carbocycles. The van der Waals surface area contributed by atoms with Gasteiger partial charge in [0.1, 0.15) is 13.2 Å². The fourth-order valence-electron chi connectivity index (χ4n) is 1.56. The molecule has 1 heterocycles. The Balaban J connectivity index is 2.20. The van der Waals surface area contributed by atoms with Gasteiger partial charge in [-0.2, -0.15) is 0 Å². The molecule has 0 amide bonds. The van der Waals surface area contributed by atoms with Gasteiger partial charge in [-0.1, -0.05) is 6.07 Å². The summed E-state index contributed by atoms with van der Waals surface area (Å²) in [7, 11) is 0. The van der Waals surface area contributed by atoms with E-state index in [4.69, 9.17) is 14.6 Å². The van der Waals surface area contributed by atoms with Crippen molar-refractivity contribution in [1.29, 1.82) is 0 Å². The van der Waals surface area contributed by atoms with Crippen LogP contribution in [0.2, 0.25) is 0 Å². The van der Waals surface area contributed by atoms with E-state index >= 15 is 0 Å². The van der Waals surface area contributed by atoms with Crippen molar-refractivity contribution in [3.63, 3.8) is 0 Å². The monoisotopic (exact) mass is 210 g/mol. The molecule has 0 fully saturated rings. The van der Waals surface area contributed by atoms with E-state index in [0.29, 0.717) is 31.1 Å². The van der Waals surface area contributed by atoms with E-state index in [2.05, 4.69) is 0 Å². The van der Waals surface area contributed by atoms with E-state index in [1.165, 1.54) is 0 Å². The summed E-state index contributed by atoms with van der Waals surface area (Å²) in [5.41, 5.74) is 0.744. The number of hydrogen-bond donors (Lipinski definition) is 2. The van der Waals surface area contributed by atoms with E-state index in [-0.39, 0.29) is 6.61 Å². The summed E-state index contributed by atoms with van der Waals surface area (Å²) in [4.78, 5) is 0. The van der Waals surface area contributed by atoms with E-state index in [1.54, 1.807) is 18.2 Å². The van der Waals surface area contributed by atoms with E-state index < -0.39 is 6.10 Å². The number of aliphatic hydroxyl groups is 2. The second-order valence-electron chi connectivity index (χ2n) is 3.43. The van der Waals surface area contributed by atoms with Gasteiger partial charge in [0.25, 0.3) is 0 Å². The maximum atomic E-state index is 9.67. The number of hydrogen-bond acceptors (Lipinski definition) is 4. The zero-order chi connectivity index (χ0) is 10.7. The van der Waals surface area contributed by atoms with Gasteiger partial charge in [0.2, 0.25) is 0 Å². The first-order valence-electron chi connectivity index (χ1n) is 4.99. The predicted octanol–water partition coefficient (Wildman–Crippen LogP) is 0.874. The van der Waals surface area contributed by atoms with Crippen LogP contribution in [0.25, 0.3) is 0 Å². The van der Waals surface area contributed by atoms with E-state index in [1.807, 2.05) is 0 Å². The normalized spacial score (nSPS) is 16.1. The topological polar surface area (TPSA) is 58.9 Å². The number of aliphatic hydroxyl groups excluding tert-OH is 2. The minimum Gasteiger partial charge on any atom is -0.486 e. The summed E-state index contributed by atoms with van der Waals surface area (Å²) in [6.07, 6.45) is -0.314. The van der Waals surface area contributed by atoms with Gasteiger partial charge in [0.05, 0.1) is 6.10 Å². The molecule has 2 rings (SSSR count). The molecule has 1 aliphatic heterocycles. The summed E-state index contributed by atoms with van der Waals surface area (Å²) >= 11 is 0. The molecular formula is C11H14O4. The summed E-state index contributed by atoms with van der Waals surface area (Å²) < 4.78 is 10.8. The maximum absolute atomic E-state index is 9.67. The van der Waals surface area contributed by atoms with Crippen molar-refractivity contribution >= 4 is 0 Å². The van der Waals surface area contributed by atoms with Crippen LogP contribution >= 0.6 is 0 Å². The molecule has 2 N–H and O–H groups in total. The maximum Gasteiger partial charge on any atom is 0.161 e. The van der Waals surface area contributed by atoms with E-state index in [0.717, 1.165) is 5.56 Å². The first-order chi connectivity index (χ1) is 7.31. The Hall–Kier alpha value is -1.26. The van der Waals surface area contributed by atoms with Crippen molar-refractivity contribution in [2.24, 2.45) is 0 Å². The molecule has 4 nitrogen and oxygen atoms in total. The quantitative estimate of drug-likeness (QED) is 0.777. The third-order valence-electron chi connectivity index (χ3n) is 2.35. The van der Waals surface area contributed by atoms with Crippen molar-refractivity contribution in [2.45, 2.75) is 12.5 Å². The van der Waals surface area contributed by atoms with Crippen molar-refractivity contribution in [3.8, 4) is 11.5 Å². The Kier molecular flexibility index (Phi) is 3.08. The van der Waals surface area contributed by atoms with Crippen LogP contribution in [0.5, 0.6) is 11.5 Å². The Bertz CT molecular complexity index is 337. The van der Waals surface area contributed by atoms with Gasteiger partial charge in [-0.3, -0.25) is 0 Å². The molecule has 1 aliphatic rings. The van der Waals surface area contributed by atoms with Gasteiger partial charge >= 0.3 is 0 Å². The van der Waals surface area contributed by atoms with Crippen molar-refractivity contribution in [3.05, 3.63) is 23.8 Å². The van der Waals surface area contributed by atoms with Gasteiger partial charge in [0, 0.05) is 13.0 Å². The molecule has 1 atom stereocenters. The van der Waals surface area contributed by atoms with Crippen molar-refractivity contribution in [1.82, 2.24) is 0 Å². The van der Waals surface area contributed by atoms with Crippen LogP contribution in [-0.4, -0.2) is 30.0 Å². The minimum absolute atomic E-state index is 0.0321. The zero-order valence-electron chi connectivity index (χ0n) is 8.35. The molecule has 1 aromatic rings. The minimum atomic E-state index is -0.647. The van der Waals surface area contributed by atoms with E-state index in [9.17, 15) is 5.11 Å². The van der Waals surface area contributed by atoms with Crippen molar-refractivity contribution < 1.29 is 19.7 Å². The lowest BCUT2D eigenvalue weighted by molar-refractivity contribution is 0.132. The molecule has 0 radical (unpaired) electrons. The number of benzene rings is 1. The van der Waals surface area contributed by atoms with Crippen LogP contribution < -0.4 is 9.47 Å². The molecule has 0 saturated heterocycles. The lowest BCUT2D eigenvalue weighted by Crippen LogP contribution is -2.15. The Morgan fingerprint density at radius 1 is 1.20 bits per heavy atom. The standard InChI is InChI=1S/C11H14O4/c12-4-3-9(13)8-1-2-10-11(7-8)15-6-5-14-10/h1-2,7,9,12-13H,3-6H2/t9-/m0/s1. The first-order valence-corrected chi connectivity index (χ1v) is 4.99. The lowest BCUT2D eigenvalue weighted by Gasteiger charge is -2.20. The molecule has 15 heavy (non-hydrogen) atoms. The van der Waals surface area contributed by atoms with Crippen molar-refractivity contribution in [2.75, 3.05) is 19.8 Å². The predicted molar refractivity (Wildman–Crippen MR) is 54.1 cm³/mol. The highest BCUT2D eigenvalue weighted by atomic mass is 16.6. The molecule has 0 saturated carbocycles. The highest BCUT2D eigenvalue weighted by molar-refractivity contribution is 5.44. The van der Waals surface area contributed by atoms with Crippen LogP contribution in [0.1, 0.15) is 18.1 Å². The van der Waals surface area contributed by atoms with Crippen LogP contribution in [-0.2, 0) is 0 Å². The van der Waals surface area contributed by atoms with Crippen LogP contribution in [0.3, 0.4) is 0 Å². The van der Waals surface area contributed by atoms with Gasteiger partial charge in [-0.25, -0.2) is 0 Å². The fourth-order valence-corrected chi connectivity index (χ4v) is 1.56. The third kappa shape index (κ3) is 2.22. The largest absolute Gasteiger partial charge is 0.486 e. The Morgan fingerprint density at radius 3 is 2.67 bits per heavy atom. The van der Waals surface area contributed by atoms with Gasteiger partial charge in [-0.15, -0.1) is 0 Å². The molecule has 1 aromatic carbocycles. The lowest BCUT2D eigenvalue weighted by atomic mass is 10.1. The number of ether oxygens (including phenoxy) is 2. The average molecular weight is 210 g/mol. The Labute approximate surface area is 88.1 Å². The fraction of sp³-hybridized carbons (Fsp3) is 0.455. The highest BCUT2D eigenvalue weighted by Crippen LogP contribution is 2.33. The summed E-state index contributed by atoms with van der Waals surface area (Å²) in [5.74, 6) is 1.37. The summed E-state index contributed by atoms with van der Waals surface area (Å²) in [6.45, 7) is 1.06. The second-order valence-corrected chi connectivity index (χ2v) is 3.43. The van der Waals surface area contributed by atoms with Crippen LogP contribution in [0, 0.1) is 0 Å². The highest BCUT2D eigenvalue weighted by Gasteiger charge is 2.14. The Morgan fingerprint density at radius 2 is 1.93 bits per heavy atom. The summed E-state index contributed by atoms with van der Waals surface area (Å²) in [6, 6.07) is 5.33. The van der Waals surface area contributed by atoms with Crippen LogP contribution in [0.15, 0.2) is 18.2 Å². The first kappa shape index (κ1) is 10.3. The number of fused-ring (bicyclic) bond motifs is 1. The molecular weight excluding hydrogens is 196 g/mol. The molecule has 0 spiro atoms. The molecule has 4 heteroatoms. The SMILES string of the molecule is OCC[C@H](O)c1ccc2c(c1)OCCO2. The third-order valence-corrected chi connectivity index (χ3v) is 2.35. The average Bonchev–Trinajstić information content (AvgIpc) is 2.29. The molecule has 0 aromatic heterocycles. The zero-order valence-corrected chi connectivity index (χ0v) is 8.35. The smallest absolute Gasteiger partial charge is 0.161 e. The van der Waals surface area contributed by atoms with Crippen LogP contribution in [0.4, 0.5) is 0 Å². The molecule has 82 valence electrons. The second kappa shape index (κ2) is 4.51. The molecule has 0 unspecified atom stereocenters. The molecule has 0 bridgehead atoms. The summed E-state index contributed by atoms with van der Waals surface area (Å²) in [5, 5.41) is 18.4. The van der Waals surface area contributed by atoms with Gasteiger partial charge < -0.3 is 19.7 Å². The number of rotatable bonds is 3. The van der Waals surface area contributed by atoms with Gasteiger partial charge in [0.15, 0.2) is 11.5 Å². The van der Waals surface area contributed by atoms with Gasteiger partial charge in [-0.05, 0) is 17.7 Å².